The summed E-state index contributed by atoms with van der Waals surface area (Å²) in [5.41, 5.74) is 13.5. The molecule has 0 unspecified atom stereocenters. The summed E-state index contributed by atoms with van der Waals surface area (Å²) in [6.45, 7) is 4.69. The molecule has 2 nitrogen and oxygen atoms in total. The van der Waals surface area contributed by atoms with Crippen molar-refractivity contribution in [1.29, 1.82) is 0 Å². The molecule has 0 amide bonds. The van der Waals surface area contributed by atoms with E-state index in [0.29, 0.717) is 0 Å². The van der Waals surface area contributed by atoms with Gasteiger partial charge in [-0.3, -0.25) is 0 Å². The van der Waals surface area contributed by atoms with Gasteiger partial charge >= 0.3 is 0 Å². The van der Waals surface area contributed by atoms with Crippen molar-refractivity contribution < 1.29 is 0 Å². The van der Waals surface area contributed by atoms with E-state index in [1.165, 1.54) is 38.6 Å². The van der Waals surface area contributed by atoms with Gasteiger partial charge in [0.25, 0.3) is 0 Å². The highest BCUT2D eigenvalue weighted by atomic mass is 14.8. The Morgan fingerprint density at radius 2 is 1.05 bits per heavy atom. The maximum absolute atomic E-state index is 5.26. The van der Waals surface area contributed by atoms with Crippen LogP contribution >= 0.6 is 0 Å². The molecule has 0 atom stereocenters. The lowest BCUT2D eigenvalue weighted by Crippen LogP contribution is -2.14. The Hall–Kier alpha value is -5.08. The average Bonchev–Trinajstić information content (AvgIpc) is 3.27. The van der Waals surface area contributed by atoms with E-state index in [2.05, 4.69) is 117 Å². The molecule has 41 heavy (non-hydrogen) atoms. The molecule has 0 bridgehead atoms. The summed E-state index contributed by atoms with van der Waals surface area (Å²) in [6, 6.07) is 47.4. The number of nitrogens with zero attached hydrogens (tertiary/aromatic N) is 2. The van der Waals surface area contributed by atoms with Gasteiger partial charge in [0.15, 0.2) is 0 Å². The third-order valence-electron chi connectivity index (χ3n) is 8.68. The second-order valence-corrected chi connectivity index (χ2v) is 11.4. The summed E-state index contributed by atoms with van der Waals surface area (Å²) in [5, 5.41) is 2.54. The predicted octanol–water partition coefficient (Wildman–Crippen LogP) is 10.1. The highest BCUT2D eigenvalue weighted by molar-refractivity contribution is 6.11. The lowest BCUT2D eigenvalue weighted by molar-refractivity contribution is 0.661. The maximum Gasteiger partial charge on any atom is 0.0979 e. The average molecular weight is 525 g/mol. The summed E-state index contributed by atoms with van der Waals surface area (Å²) in [6.07, 6.45) is 0. The molecule has 7 aromatic rings. The minimum absolute atomic E-state index is 0.0585. The number of para-hydroxylation sites is 2. The van der Waals surface area contributed by atoms with Gasteiger partial charge in [0.05, 0.1) is 22.4 Å². The Morgan fingerprint density at radius 1 is 0.439 bits per heavy atom. The lowest BCUT2D eigenvalue weighted by atomic mass is 9.81. The smallest absolute Gasteiger partial charge is 0.0979 e. The van der Waals surface area contributed by atoms with Crippen molar-refractivity contribution in [3.63, 3.8) is 0 Å². The molecule has 0 saturated carbocycles. The zero-order chi connectivity index (χ0) is 27.6. The van der Waals surface area contributed by atoms with Crippen LogP contribution in [0.4, 0.5) is 0 Å². The summed E-state index contributed by atoms with van der Waals surface area (Å²) < 4.78 is 0. The standard InChI is InChI=1S/C39H28N2/c1-39(2)31-20-9-8-18-30(31)36-32(39)24-23-25-15-12-19-28(35(25)36)27-16-6-7-17-29(27)38-37(26-13-4-3-5-14-26)40-33-21-10-11-22-34(33)41-38/h3-24H,1-2H3. The monoisotopic (exact) mass is 524 g/mol. The zero-order valence-corrected chi connectivity index (χ0v) is 23.1. The molecule has 6 aromatic carbocycles. The first-order chi connectivity index (χ1) is 20.1. The number of aromatic nitrogens is 2. The van der Waals surface area contributed by atoms with Gasteiger partial charge in [-0.2, -0.15) is 0 Å². The van der Waals surface area contributed by atoms with E-state index in [0.717, 1.165) is 39.1 Å². The van der Waals surface area contributed by atoms with Crippen molar-refractivity contribution in [2.45, 2.75) is 19.3 Å². The third kappa shape index (κ3) is 3.57. The van der Waals surface area contributed by atoms with Gasteiger partial charge in [-0.05, 0) is 56.3 Å². The molecule has 0 saturated heterocycles. The second-order valence-electron chi connectivity index (χ2n) is 11.4. The fourth-order valence-corrected chi connectivity index (χ4v) is 6.71. The first-order valence-corrected chi connectivity index (χ1v) is 14.2. The molecule has 1 aliphatic carbocycles. The lowest BCUT2D eigenvalue weighted by Gasteiger charge is -2.22. The topological polar surface area (TPSA) is 25.8 Å². The van der Waals surface area contributed by atoms with Gasteiger partial charge in [0.1, 0.15) is 0 Å². The van der Waals surface area contributed by atoms with Crippen LogP contribution in [0, 0.1) is 0 Å². The molecule has 1 aromatic heterocycles. The van der Waals surface area contributed by atoms with Crippen molar-refractivity contribution in [2.75, 3.05) is 0 Å². The van der Waals surface area contributed by atoms with Crippen LogP contribution in [-0.2, 0) is 5.41 Å². The SMILES string of the molecule is CC1(C)c2ccccc2-c2c1ccc1cccc(-c3ccccc3-c3nc4ccccc4nc3-c3ccccc3)c21. The van der Waals surface area contributed by atoms with Gasteiger partial charge in [0.2, 0.25) is 0 Å². The maximum atomic E-state index is 5.26. The molecular formula is C39H28N2. The Labute approximate surface area is 240 Å². The molecule has 1 heterocycles. The second kappa shape index (κ2) is 8.97. The van der Waals surface area contributed by atoms with Gasteiger partial charge in [0, 0.05) is 16.5 Å². The third-order valence-corrected chi connectivity index (χ3v) is 8.68. The van der Waals surface area contributed by atoms with Crippen LogP contribution in [-0.4, -0.2) is 9.97 Å². The number of fused-ring (bicyclic) bond motifs is 6. The van der Waals surface area contributed by atoms with Crippen molar-refractivity contribution in [3.05, 3.63) is 145 Å². The minimum Gasteiger partial charge on any atom is -0.244 e. The van der Waals surface area contributed by atoms with Crippen LogP contribution in [0.15, 0.2) is 133 Å². The molecule has 8 rings (SSSR count). The van der Waals surface area contributed by atoms with Crippen molar-refractivity contribution in [1.82, 2.24) is 9.97 Å². The van der Waals surface area contributed by atoms with Crippen LogP contribution in [0.2, 0.25) is 0 Å². The Bertz CT molecular complexity index is 2120. The minimum atomic E-state index is -0.0585. The largest absolute Gasteiger partial charge is 0.244 e. The first-order valence-electron chi connectivity index (χ1n) is 14.2. The summed E-state index contributed by atoms with van der Waals surface area (Å²) >= 11 is 0. The molecule has 1 aliphatic rings. The molecule has 0 aliphatic heterocycles. The van der Waals surface area contributed by atoms with Gasteiger partial charge in [-0.25, -0.2) is 9.97 Å². The van der Waals surface area contributed by atoms with Crippen LogP contribution in [0.1, 0.15) is 25.0 Å². The number of benzene rings is 6. The normalized spacial score (nSPS) is 13.3. The Morgan fingerprint density at radius 3 is 1.83 bits per heavy atom. The number of hydrogen-bond acceptors (Lipinski definition) is 2. The highest BCUT2D eigenvalue weighted by Gasteiger charge is 2.36. The van der Waals surface area contributed by atoms with E-state index in [9.17, 15) is 0 Å². The molecule has 2 heteroatoms. The van der Waals surface area contributed by atoms with Crippen LogP contribution < -0.4 is 0 Å². The van der Waals surface area contributed by atoms with Crippen molar-refractivity contribution in [3.8, 4) is 44.8 Å². The summed E-state index contributed by atoms with van der Waals surface area (Å²) in [5.74, 6) is 0. The molecule has 194 valence electrons. The van der Waals surface area contributed by atoms with Crippen LogP contribution in [0.25, 0.3) is 66.6 Å². The van der Waals surface area contributed by atoms with Crippen LogP contribution in [0.3, 0.4) is 0 Å². The number of hydrogen-bond donors (Lipinski definition) is 0. The predicted molar refractivity (Wildman–Crippen MR) is 171 cm³/mol. The quantitative estimate of drug-likeness (QED) is 0.230. The Balaban J connectivity index is 1.46. The zero-order valence-electron chi connectivity index (χ0n) is 23.1. The number of rotatable bonds is 3. The van der Waals surface area contributed by atoms with Crippen molar-refractivity contribution >= 4 is 21.8 Å². The molecular weight excluding hydrogens is 496 g/mol. The summed E-state index contributed by atoms with van der Waals surface area (Å²) in [4.78, 5) is 10.4. The highest BCUT2D eigenvalue weighted by Crippen LogP contribution is 2.53. The van der Waals surface area contributed by atoms with Gasteiger partial charge in [-0.15, -0.1) is 0 Å². The molecule has 0 fully saturated rings. The van der Waals surface area contributed by atoms with E-state index in [4.69, 9.17) is 9.97 Å². The fourth-order valence-electron chi connectivity index (χ4n) is 6.71. The van der Waals surface area contributed by atoms with E-state index in [1.807, 2.05) is 30.3 Å². The van der Waals surface area contributed by atoms with Gasteiger partial charge < -0.3 is 0 Å². The first kappa shape index (κ1) is 23.8. The van der Waals surface area contributed by atoms with Crippen LogP contribution in [0.5, 0.6) is 0 Å². The van der Waals surface area contributed by atoms with Crippen molar-refractivity contribution in [2.24, 2.45) is 0 Å². The Kier molecular flexibility index (Phi) is 5.20. The fraction of sp³-hybridized carbons (Fsp3) is 0.0769. The molecule has 0 radical (unpaired) electrons. The van der Waals surface area contributed by atoms with E-state index in [1.54, 1.807) is 0 Å². The van der Waals surface area contributed by atoms with Gasteiger partial charge in [-0.1, -0.05) is 135 Å². The van der Waals surface area contributed by atoms with E-state index < -0.39 is 0 Å². The van der Waals surface area contributed by atoms with E-state index in [-0.39, 0.29) is 5.41 Å². The summed E-state index contributed by atoms with van der Waals surface area (Å²) in [7, 11) is 0. The van der Waals surface area contributed by atoms with E-state index >= 15 is 0 Å². The molecule has 0 spiro atoms. The molecule has 0 N–H and O–H groups in total.